The number of nitrogens with zero attached hydrogens (tertiary/aromatic N) is 1. The fourth-order valence-electron chi connectivity index (χ4n) is 1.46. The molecule has 0 atom stereocenters. The minimum absolute atomic E-state index is 0.304. The van der Waals surface area contributed by atoms with Crippen LogP contribution in [0.2, 0.25) is 0 Å². The molecule has 0 fully saturated rings. The first kappa shape index (κ1) is 13.6. The molecule has 0 heterocycles. The second-order valence-electron chi connectivity index (χ2n) is 3.45. The third kappa shape index (κ3) is 4.12. The normalized spacial score (nSPS) is 9.71. The zero-order valence-electron chi connectivity index (χ0n) is 10.0. The van der Waals surface area contributed by atoms with E-state index < -0.39 is 0 Å². The Balaban J connectivity index is 2.97. The molecule has 0 saturated carbocycles. The smallest absolute Gasteiger partial charge is 0.338 e. The number of hydrogen-bond donors (Lipinski definition) is 0. The van der Waals surface area contributed by atoms with Crippen molar-refractivity contribution in [2.24, 2.45) is 0 Å². The van der Waals surface area contributed by atoms with Gasteiger partial charge in [0.15, 0.2) is 0 Å². The maximum absolute atomic E-state index is 11.6. The molecule has 0 aliphatic rings. The van der Waals surface area contributed by atoms with E-state index in [-0.39, 0.29) is 5.97 Å². The summed E-state index contributed by atoms with van der Waals surface area (Å²) in [6.45, 7) is 2.16. The van der Waals surface area contributed by atoms with Gasteiger partial charge in [-0.15, -0.1) is 11.8 Å². The predicted octanol–water partition coefficient (Wildman–Crippen LogP) is 3.04. The van der Waals surface area contributed by atoms with Crippen LogP contribution in [0.1, 0.15) is 29.3 Å². The number of carbonyl (C=O) groups is 1. The van der Waals surface area contributed by atoms with E-state index in [0.29, 0.717) is 25.0 Å². The number of rotatable bonds is 5. The van der Waals surface area contributed by atoms with Crippen LogP contribution in [0.5, 0.6) is 0 Å². The average molecular weight is 249 g/mol. The summed E-state index contributed by atoms with van der Waals surface area (Å²) >= 11 is 1.58. The lowest BCUT2D eigenvalue weighted by Crippen LogP contribution is -2.05. The molecule has 0 N–H and O–H groups in total. The van der Waals surface area contributed by atoms with E-state index >= 15 is 0 Å². The number of ether oxygens (including phenoxy) is 1. The molecule has 17 heavy (non-hydrogen) atoms. The Morgan fingerprint density at radius 3 is 2.82 bits per heavy atom. The van der Waals surface area contributed by atoms with Crippen molar-refractivity contribution in [3.05, 3.63) is 29.3 Å². The molecule has 0 radical (unpaired) electrons. The van der Waals surface area contributed by atoms with Crippen LogP contribution in [-0.2, 0) is 11.2 Å². The fraction of sp³-hybridized carbons (Fsp3) is 0.385. The maximum atomic E-state index is 11.6. The molecule has 4 heteroatoms. The van der Waals surface area contributed by atoms with Gasteiger partial charge in [-0.05, 0) is 43.4 Å². The Bertz CT molecular complexity index is 438. The zero-order chi connectivity index (χ0) is 12.7. The van der Waals surface area contributed by atoms with Crippen LogP contribution in [-0.4, -0.2) is 18.8 Å². The third-order valence-corrected chi connectivity index (χ3v) is 2.95. The number of esters is 1. The number of thioether (sulfide) groups is 1. The summed E-state index contributed by atoms with van der Waals surface area (Å²) in [5.41, 5.74) is 1.56. The third-order valence-electron chi connectivity index (χ3n) is 2.24. The van der Waals surface area contributed by atoms with E-state index in [2.05, 4.69) is 6.07 Å². The molecule has 1 rings (SSSR count). The molecular weight excluding hydrogens is 234 g/mol. The molecule has 1 aromatic rings. The highest BCUT2D eigenvalue weighted by molar-refractivity contribution is 7.98. The second-order valence-corrected chi connectivity index (χ2v) is 4.33. The highest BCUT2D eigenvalue weighted by Crippen LogP contribution is 2.20. The minimum Gasteiger partial charge on any atom is -0.462 e. The largest absolute Gasteiger partial charge is 0.462 e. The van der Waals surface area contributed by atoms with Crippen molar-refractivity contribution in [1.82, 2.24) is 0 Å². The topological polar surface area (TPSA) is 50.1 Å². The summed E-state index contributed by atoms with van der Waals surface area (Å²) in [7, 11) is 0. The predicted molar refractivity (Wildman–Crippen MR) is 68.1 cm³/mol. The molecule has 0 amide bonds. The zero-order valence-corrected chi connectivity index (χ0v) is 10.8. The summed E-state index contributed by atoms with van der Waals surface area (Å²) in [6, 6.07) is 7.73. The van der Waals surface area contributed by atoms with Gasteiger partial charge in [-0.25, -0.2) is 4.79 Å². The standard InChI is InChI=1S/C13H15NO2S/c1-3-16-13(15)11-7-10(5-4-6-14)8-12(9-11)17-2/h7-9H,3-5H2,1-2H3. The van der Waals surface area contributed by atoms with E-state index in [1.165, 1.54) is 0 Å². The summed E-state index contributed by atoms with van der Waals surface area (Å²) in [4.78, 5) is 12.7. The van der Waals surface area contributed by atoms with E-state index in [4.69, 9.17) is 10.00 Å². The Kier molecular flexibility index (Phi) is 5.58. The Labute approximate surface area is 106 Å². The highest BCUT2D eigenvalue weighted by Gasteiger charge is 2.09. The first-order chi connectivity index (χ1) is 8.21. The number of carbonyl (C=O) groups excluding carboxylic acids is 1. The molecule has 0 aromatic heterocycles. The fourth-order valence-corrected chi connectivity index (χ4v) is 1.97. The lowest BCUT2D eigenvalue weighted by molar-refractivity contribution is 0.0526. The van der Waals surface area contributed by atoms with Crippen molar-refractivity contribution in [2.45, 2.75) is 24.7 Å². The number of hydrogen-bond acceptors (Lipinski definition) is 4. The van der Waals surface area contributed by atoms with Crippen molar-refractivity contribution < 1.29 is 9.53 Å². The highest BCUT2D eigenvalue weighted by atomic mass is 32.2. The van der Waals surface area contributed by atoms with Crippen molar-refractivity contribution in [3.63, 3.8) is 0 Å². The molecule has 0 unspecified atom stereocenters. The molecule has 0 bridgehead atoms. The van der Waals surface area contributed by atoms with Crippen molar-refractivity contribution in [2.75, 3.05) is 12.9 Å². The number of aryl methyl sites for hydroxylation is 1. The molecule has 3 nitrogen and oxygen atoms in total. The van der Waals surface area contributed by atoms with Crippen molar-refractivity contribution in [3.8, 4) is 6.07 Å². The Morgan fingerprint density at radius 2 is 2.24 bits per heavy atom. The van der Waals surface area contributed by atoms with Gasteiger partial charge in [0.2, 0.25) is 0 Å². The average Bonchev–Trinajstić information content (AvgIpc) is 2.36. The monoisotopic (exact) mass is 249 g/mol. The van der Waals surface area contributed by atoms with Gasteiger partial charge in [0.25, 0.3) is 0 Å². The van der Waals surface area contributed by atoms with Gasteiger partial charge in [0, 0.05) is 11.3 Å². The van der Waals surface area contributed by atoms with E-state index in [9.17, 15) is 4.79 Å². The summed E-state index contributed by atoms with van der Waals surface area (Å²) in [5, 5.41) is 8.57. The maximum Gasteiger partial charge on any atom is 0.338 e. The van der Waals surface area contributed by atoms with Crippen LogP contribution in [0.25, 0.3) is 0 Å². The van der Waals surface area contributed by atoms with Gasteiger partial charge in [-0.3, -0.25) is 0 Å². The number of nitriles is 1. The molecule has 0 aliphatic carbocycles. The van der Waals surface area contributed by atoms with E-state index in [1.807, 2.05) is 18.4 Å². The van der Waals surface area contributed by atoms with Gasteiger partial charge in [-0.2, -0.15) is 5.26 Å². The van der Waals surface area contributed by atoms with Crippen LogP contribution < -0.4 is 0 Å². The van der Waals surface area contributed by atoms with Gasteiger partial charge >= 0.3 is 5.97 Å². The Hall–Kier alpha value is -1.47. The van der Waals surface area contributed by atoms with Gasteiger partial charge in [-0.1, -0.05) is 0 Å². The quantitative estimate of drug-likeness (QED) is 0.594. The number of benzene rings is 1. The van der Waals surface area contributed by atoms with E-state index in [0.717, 1.165) is 10.5 Å². The van der Waals surface area contributed by atoms with Crippen LogP contribution in [0.3, 0.4) is 0 Å². The van der Waals surface area contributed by atoms with Gasteiger partial charge in [0.1, 0.15) is 0 Å². The molecule has 0 spiro atoms. The molecule has 0 saturated heterocycles. The lowest BCUT2D eigenvalue weighted by atomic mass is 10.1. The van der Waals surface area contributed by atoms with Gasteiger partial charge in [0.05, 0.1) is 18.2 Å². The van der Waals surface area contributed by atoms with Crippen molar-refractivity contribution in [1.29, 1.82) is 5.26 Å². The van der Waals surface area contributed by atoms with Crippen molar-refractivity contribution >= 4 is 17.7 Å². The summed E-state index contributed by atoms with van der Waals surface area (Å²) < 4.78 is 4.97. The van der Waals surface area contributed by atoms with E-state index in [1.54, 1.807) is 24.8 Å². The molecular formula is C13H15NO2S. The lowest BCUT2D eigenvalue weighted by Gasteiger charge is -2.07. The first-order valence-electron chi connectivity index (χ1n) is 5.43. The van der Waals surface area contributed by atoms with Crippen LogP contribution >= 0.6 is 11.8 Å². The molecule has 0 aliphatic heterocycles. The second kappa shape index (κ2) is 6.97. The SMILES string of the molecule is CCOC(=O)c1cc(CCC#N)cc(SC)c1. The van der Waals surface area contributed by atoms with Crippen LogP contribution in [0, 0.1) is 11.3 Å². The first-order valence-corrected chi connectivity index (χ1v) is 6.65. The Morgan fingerprint density at radius 1 is 1.47 bits per heavy atom. The minimum atomic E-state index is -0.304. The molecule has 1 aromatic carbocycles. The molecule has 90 valence electrons. The summed E-state index contributed by atoms with van der Waals surface area (Å²) in [5.74, 6) is -0.304. The van der Waals surface area contributed by atoms with Crippen LogP contribution in [0.4, 0.5) is 0 Å². The van der Waals surface area contributed by atoms with Crippen LogP contribution in [0.15, 0.2) is 23.1 Å². The summed E-state index contributed by atoms with van der Waals surface area (Å²) in [6.07, 6.45) is 3.08. The van der Waals surface area contributed by atoms with Gasteiger partial charge < -0.3 is 4.74 Å².